The van der Waals surface area contributed by atoms with Crippen LogP contribution >= 0.6 is 0 Å². The second kappa shape index (κ2) is 7.00. The predicted octanol–water partition coefficient (Wildman–Crippen LogP) is 3.21. The highest BCUT2D eigenvalue weighted by Crippen LogP contribution is 2.35. The lowest BCUT2D eigenvalue weighted by Crippen LogP contribution is -2.32. The Bertz CT molecular complexity index is 746. The zero-order valence-corrected chi connectivity index (χ0v) is 14.8. The summed E-state index contributed by atoms with van der Waals surface area (Å²) in [6.07, 6.45) is 6.66. The van der Waals surface area contributed by atoms with Crippen molar-refractivity contribution in [2.75, 3.05) is 25.5 Å². The maximum absolute atomic E-state index is 12.6. The van der Waals surface area contributed by atoms with E-state index in [9.17, 15) is 4.79 Å². The van der Waals surface area contributed by atoms with E-state index in [-0.39, 0.29) is 5.91 Å². The third kappa shape index (κ3) is 3.47. The molecular weight excluding hydrogens is 312 g/mol. The van der Waals surface area contributed by atoms with Gasteiger partial charge in [0, 0.05) is 12.5 Å². The van der Waals surface area contributed by atoms with Crippen molar-refractivity contribution >= 4 is 11.7 Å². The molecular formula is C20H26N4O. The molecule has 0 spiro atoms. The summed E-state index contributed by atoms with van der Waals surface area (Å²) in [5.74, 6) is 1.28. The standard InChI is InChI=1S/C20H26N4O/c1-23-12-9-17(10-13-23)24-19(8-11-21-24)22-20(25)14-16-7-6-15-4-2-3-5-18(15)16/h2-5,8,11,16-17H,6-7,9-10,12-14H2,1H3,(H,22,25). The Kier molecular flexibility index (Phi) is 4.57. The Morgan fingerprint density at radius 3 is 2.84 bits per heavy atom. The van der Waals surface area contributed by atoms with Gasteiger partial charge >= 0.3 is 0 Å². The number of hydrogen-bond donors (Lipinski definition) is 1. The highest BCUT2D eigenvalue weighted by atomic mass is 16.1. The van der Waals surface area contributed by atoms with Gasteiger partial charge in [0.15, 0.2) is 0 Å². The lowest BCUT2D eigenvalue weighted by Gasteiger charge is -2.30. The van der Waals surface area contributed by atoms with Gasteiger partial charge in [-0.15, -0.1) is 0 Å². The van der Waals surface area contributed by atoms with E-state index in [1.807, 2.05) is 10.7 Å². The van der Waals surface area contributed by atoms with E-state index in [0.29, 0.717) is 18.4 Å². The van der Waals surface area contributed by atoms with Crippen LogP contribution in [0.3, 0.4) is 0 Å². The monoisotopic (exact) mass is 338 g/mol. The maximum Gasteiger partial charge on any atom is 0.226 e. The Morgan fingerprint density at radius 1 is 1.20 bits per heavy atom. The lowest BCUT2D eigenvalue weighted by atomic mass is 9.97. The molecule has 2 aromatic rings. The fourth-order valence-corrected chi connectivity index (χ4v) is 4.22. The van der Waals surface area contributed by atoms with Gasteiger partial charge in [-0.05, 0) is 62.9 Å². The van der Waals surface area contributed by atoms with Gasteiger partial charge in [0.05, 0.1) is 12.2 Å². The number of amides is 1. The van der Waals surface area contributed by atoms with Crippen molar-refractivity contribution in [1.29, 1.82) is 0 Å². The quantitative estimate of drug-likeness (QED) is 0.931. The summed E-state index contributed by atoms with van der Waals surface area (Å²) in [4.78, 5) is 14.9. The molecule has 1 amide bonds. The van der Waals surface area contributed by atoms with Crippen LogP contribution in [0.1, 0.15) is 48.8 Å². The number of piperidine rings is 1. The zero-order chi connectivity index (χ0) is 17.2. The number of nitrogens with one attached hydrogen (secondary N) is 1. The Hall–Kier alpha value is -2.14. The number of fused-ring (bicyclic) bond motifs is 1. The summed E-state index contributed by atoms with van der Waals surface area (Å²) >= 11 is 0. The van der Waals surface area contributed by atoms with Crippen molar-refractivity contribution in [3.05, 3.63) is 47.7 Å². The van der Waals surface area contributed by atoms with E-state index in [2.05, 4.69) is 46.6 Å². The molecule has 132 valence electrons. The number of nitrogens with zero attached hydrogens (tertiary/aromatic N) is 3. The first-order valence-corrected chi connectivity index (χ1v) is 9.30. The van der Waals surface area contributed by atoms with E-state index in [4.69, 9.17) is 0 Å². The number of anilines is 1. The molecule has 1 saturated heterocycles. The smallest absolute Gasteiger partial charge is 0.226 e. The molecule has 4 rings (SSSR count). The number of carbonyl (C=O) groups is 1. The summed E-state index contributed by atoms with van der Waals surface area (Å²) in [6.45, 7) is 2.16. The largest absolute Gasteiger partial charge is 0.311 e. The van der Waals surface area contributed by atoms with Gasteiger partial charge < -0.3 is 10.2 Å². The van der Waals surface area contributed by atoms with Crippen LogP contribution in [0.5, 0.6) is 0 Å². The van der Waals surface area contributed by atoms with Crippen LogP contribution in [-0.2, 0) is 11.2 Å². The Balaban J connectivity index is 1.40. The van der Waals surface area contributed by atoms with Gasteiger partial charge in [-0.25, -0.2) is 4.68 Å². The van der Waals surface area contributed by atoms with Crippen molar-refractivity contribution in [3.63, 3.8) is 0 Å². The van der Waals surface area contributed by atoms with Gasteiger partial charge in [0.1, 0.15) is 5.82 Å². The molecule has 5 nitrogen and oxygen atoms in total. The molecule has 1 fully saturated rings. The molecule has 1 aromatic heterocycles. The van der Waals surface area contributed by atoms with Crippen molar-refractivity contribution in [2.45, 2.75) is 44.1 Å². The lowest BCUT2D eigenvalue weighted by molar-refractivity contribution is -0.116. The molecule has 0 bridgehead atoms. The fraction of sp³-hybridized carbons (Fsp3) is 0.500. The summed E-state index contributed by atoms with van der Waals surface area (Å²) in [7, 11) is 2.15. The van der Waals surface area contributed by atoms with Crippen LogP contribution in [0.4, 0.5) is 5.82 Å². The van der Waals surface area contributed by atoms with Crippen molar-refractivity contribution in [3.8, 4) is 0 Å². The van der Waals surface area contributed by atoms with Crippen molar-refractivity contribution < 1.29 is 4.79 Å². The maximum atomic E-state index is 12.6. The molecule has 1 aliphatic carbocycles. The SMILES string of the molecule is CN1CCC(n2nccc2NC(=O)CC2CCc3ccccc32)CC1. The average molecular weight is 338 g/mol. The van der Waals surface area contributed by atoms with Crippen LogP contribution in [0.15, 0.2) is 36.5 Å². The molecule has 0 radical (unpaired) electrons. The fourth-order valence-electron chi connectivity index (χ4n) is 4.22. The molecule has 2 heterocycles. The predicted molar refractivity (Wildman–Crippen MR) is 98.7 cm³/mol. The number of likely N-dealkylation sites (tertiary alicyclic amines) is 1. The van der Waals surface area contributed by atoms with Gasteiger partial charge in [0.25, 0.3) is 0 Å². The summed E-state index contributed by atoms with van der Waals surface area (Å²) < 4.78 is 2.01. The third-order valence-corrected chi connectivity index (χ3v) is 5.66. The molecule has 1 N–H and O–H groups in total. The second-order valence-corrected chi connectivity index (χ2v) is 7.38. The second-order valence-electron chi connectivity index (χ2n) is 7.38. The number of rotatable bonds is 4. The van der Waals surface area contributed by atoms with Crippen LogP contribution in [0.25, 0.3) is 0 Å². The molecule has 1 aromatic carbocycles. The molecule has 2 aliphatic rings. The van der Waals surface area contributed by atoms with Crippen LogP contribution < -0.4 is 5.32 Å². The molecule has 5 heteroatoms. The number of aryl methyl sites for hydroxylation is 1. The van der Waals surface area contributed by atoms with Crippen molar-refractivity contribution in [1.82, 2.24) is 14.7 Å². The van der Waals surface area contributed by atoms with Crippen LogP contribution in [0.2, 0.25) is 0 Å². The first kappa shape index (κ1) is 16.3. The van der Waals surface area contributed by atoms with Gasteiger partial charge in [-0.1, -0.05) is 24.3 Å². The van der Waals surface area contributed by atoms with Gasteiger partial charge in [-0.2, -0.15) is 5.10 Å². The number of hydrogen-bond acceptors (Lipinski definition) is 3. The molecule has 1 aliphatic heterocycles. The summed E-state index contributed by atoms with van der Waals surface area (Å²) in [5.41, 5.74) is 2.75. The van der Waals surface area contributed by atoms with Gasteiger partial charge in [0.2, 0.25) is 5.91 Å². The third-order valence-electron chi connectivity index (χ3n) is 5.66. The Labute approximate surface area is 149 Å². The molecule has 1 atom stereocenters. The normalized spacial score (nSPS) is 21.2. The summed E-state index contributed by atoms with van der Waals surface area (Å²) in [5, 5.41) is 7.57. The van der Waals surface area contributed by atoms with E-state index in [1.165, 1.54) is 11.1 Å². The number of carbonyl (C=O) groups excluding carboxylic acids is 1. The molecule has 0 saturated carbocycles. The Morgan fingerprint density at radius 2 is 2.00 bits per heavy atom. The first-order valence-electron chi connectivity index (χ1n) is 9.30. The van der Waals surface area contributed by atoms with E-state index in [0.717, 1.165) is 44.6 Å². The molecule has 25 heavy (non-hydrogen) atoms. The van der Waals surface area contributed by atoms with E-state index in [1.54, 1.807) is 6.20 Å². The number of benzene rings is 1. The minimum Gasteiger partial charge on any atom is -0.311 e. The van der Waals surface area contributed by atoms with E-state index >= 15 is 0 Å². The van der Waals surface area contributed by atoms with Gasteiger partial charge in [-0.3, -0.25) is 4.79 Å². The van der Waals surface area contributed by atoms with Crippen LogP contribution in [-0.4, -0.2) is 40.7 Å². The zero-order valence-electron chi connectivity index (χ0n) is 14.8. The highest BCUT2D eigenvalue weighted by molar-refractivity contribution is 5.90. The van der Waals surface area contributed by atoms with E-state index < -0.39 is 0 Å². The topological polar surface area (TPSA) is 50.2 Å². The average Bonchev–Trinajstić information content (AvgIpc) is 3.23. The summed E-state index contributed by atoms with van der Waals surface area (Å²) in [6, 6.07) is 10.8. The highest BCUT2D eigenvalue weighted by Gasteiger charge is 2.25. The number of aromatic nitrogens is 2. The minimum atomic E-state index is 0.0939. The molecule has 1 unspecified atom stereocenters. The first-order chi connectivity index (χ1) is 12.2. The minimum absolute atomic E-state index is 0.0939. The van der Waals surface area contributed by atoms with Crippen molar-refractivity contribution in [2.24, 2.45) is 0 Å². The van der Waals surface area contributed by atoms with Crippen LogP contribution in [0, 0.1) is 0 Å².